The monoisotopic (exact) mass is 448 g/mol. The summed E-state index contributed by atoms with van der Waals surface area (Å²) in [5.41, 5.74) is 2.23. The molecular formula is C24H17ClN2O5. The summed E-state index contributed by atoms with van der Waals surface area (Å²) in [7, 11) is 0. The number of imide groups is 1. The van der Waals surface area contributed by atoms with E-state index in [1.807, 2.05) is 0 Å². The molecule has 3 amide bonds. The van der Waals surface area contributed by atoms with Crippen molar-refractivity contribution in [3.8, 4) is 0 Å². The second-order valence-corrected chi connectivity index (χ2v) is 7.51. The molecule has 7 nitrogen and oxygen atoms in total. The molecule has 0 saturated carbocycles. The van der Waals surface area contributed by atoms with Crippen LogP contribution in [0.4, 0.5) is 5.69 Å². The zero-order valence-electron chi connectivity index (χ0n) is 16.7. The Morgan fingerprint density at radius 1 is 0.844 bits per heavy atom. The summed E-state index contributed by atoms with van der Waals surface area (Å²) < 4.78 is 5.04. The number of hydrogen-bond donors (Lipinski definition) is 1. The molecule has 0 aliphatic carbocycles. The van der Waals surface area contributed by atoms with Crippen molar-refractivity contribution in [2.75, 3.05) is 11.9 Å². The Morgan fingerprint density at radius 2 is 1.44 bits per heavy atom. The van der Waals surface area contributed by atoms with Gasteiger partial charge in [0, 0.05) is 10.7 Å². The van der Waals surface area contributed by atoms with Crippen molar-refractivity contribution in [1.82, 2.24) is 4.90 Å². The molecule has 0 fully saturated rings. The van der Waals surface area contributed by atoms with Crippen LogP contribution in [0.3, 0.4) is 0 Å². The second-order valence-electron chi connectivity index (χ2n) is 7.07. The third kappa shape index (κ3) is 4.53. The number of anilines is 1. The molecule has 0 bridgehead atoms. The number of amides is 3. The fourth-order valence-electron chi connectivity index (χ4n) is 3.26. The molecule has 0 saturated heterocycles. The average Bonchev–Trinajstić information content (AvgIpc) is 3.04. The van der Waals surface area contributed by atoms with E-state index >= 15 is 0 Å². The highest BCUT2D eigenvalue weighted by Gasteiger charge is 2.34. The number of hydrogen-bond acceptors (Lipinski definition) is 5. The number of rotatable bonds is 6. The summed E-state index contributed by atoms with van der Waals surface area (Å²) in [6, 6.07) is 19.5. The van der Waals surface area contributed by atoms with Crippen LogP contribution in [0.5, 0.6) is 0 Å². The molecule has 3 aromatic rings. The van der Waals surface area contributed by atoms with Gasteiger partial charge >= 0.3 is 5.97 Å². The topological polar surface area (TPSA) is 92.8 Å². The fraction of sp³-hybridized carbons (Fsp3) is 0.0833. The summed E-state index contributed by atoms with van der Waals surface area (Å²) in [4.78, 5) is 50.3. The molecule has 0 unspecified atom stereocenters. The predicted octanol–water partition coefficient (Wildman–Crippen LogP) is 3.93. The Bertz CT molecular complexity index is 1170. The van der Waals surface area contributed by atoms with Crippen LogP contribution in [0.25, 0.3) is 0 Å². The zero-order valence-corrected chi connectivity index (χ0v) is 17.5. The number of nitrogens with one attached hydrogen (secondary N) is 1. The lowest BCUT2D eigenvalue weighted by molar-refractivity contribution is -0.119. The van der Waals surface area contributed by atoms with E-state index in [0.717, 1.165) is 0 Å². The van der Waals surface area contributed by atoms with Gasteiger partial charge in [-0.1, -0.05) is 35.9 Å². The van der Waals surface area contributed by atoms with Crippen LogP contribution in [0.1, 0.15) is 36.6 Å². The van der Waals surface area contributed by atoms with Crippen molar-refractivity contribution in [1.29, 1.82) is 0 Å². The maximum atomic E-state index is 12.5. The van der Waals surface area contributed by atoms with Crippen LogP contribution in [-0.2, 0) is 16.1 Å². The number of nitrogens with zero attached hydrogens (tertiary/aromatic N) is 1. The van der Waals surface area contributed by atoms with E-state index in [0.29, 0.717) is 27.4 Å². The third-order valence-corrected chi connectivity index (χ3v) is 5.12. The molecule has 0 aromatic heterocycles. The Balaban J connectivity index is 1.32. The van der Waals surface area contributed by atoms with Gasteiger partial charge in [0.15, 0.2) is 6.61 Å². The fourth-order valence-corrected chi connectivity index (χ4v) is 3.38. The largest absolute Gasteiger partial charge is 0.452 e. The number of benzene rings is 3. The molecular weight excluding hydrogens is 432 g/mol. The molecule has 1 aliphatic heterocycles. The van der Waals surface area contributed by atoms with E-state index in [2.05, 4.69) is 5.32 Å². The van der Waals surface area contributed by atoms with Gasteiger partial charge in [-0.25, -0.2) is 4.79 Å². The molecule has 8 heteroatoms. The maximum Gasteiger partial charge on any atom is 0.338 e. The highest BCUT2D eigenvalue weighted by atomic mass is 35.5. The van der Waals surface area contributed by atoms with Gasteiger partial charge in [0.2, 0.25) is 0 Å². The highest BCUT2D eigenvalue weighted by molar-refractivity contribution is 6.30. The minimum atomic E-state index is -0.663. The number of ether oxygens (including phenoxy) is 1. The maximum absolute atomic E-state index is 12.5. The van der Waals surface area contributed by atoms with E-state index in [1.54, 1.807) is 60.7 Å². The van der Waals surface area contributed by atoms with E-state index in [9.17, 15) is 19.2 Å². The zero-order chi connectivity index (χ0) is 22.7. The van der Waals surface area contributed by atoms with Crippen molar-refractivity contribution in [2.24, 2.45) is 0 Å². The van der Waals surface area contributed by atoms with Gasteiger partial charge in [-0.3, -0.25) is 19.3 Å². The first kappa shape index (κ1) is 21.3. The van der Waals surface area contributed by atoms with E-state index in [-0.39, 0.29) is 23.9 Å². The second kappa shape index (κ2) is 9.03. The highest BCUT2D eigenvalue weighted by Crippen LogP contribution is 2.24. The molecule has 0 radical (unpaired) electrons. The average molecular weight is 449 g/mol. The quantitative estimate of drug-likeness (QED) is 0.455. The lowest BCUT2D eigenvalue weighted by Gasteiger charge is -2.14. The van der Waals surface area contributed by atoms with E-state index in [1.165, 1.54) is 17.0 Å². The summed E-state index contributed by atoms with van der Waals surface area (Å²) in [6.07, 6.45) is 0. The normalized spacial score (nSPS) is 12.5. The Hall–Kier alpha value is -3.97. The summed E-state index contributed by atoms with van der Waals surface area (Å²) in [5.74, 6) is -1.84. The number of esters is 1. The molecule has 1 heterocycles. The van der Waals surface area contributed by atoms with Crippen LogP contribution in [-0.4, -0.2) is 35.2 Å². The third-order valence-electron chi connectivity index (χ3n) is 4.87. The molecule has 32 heavy (non-hydrogen) atoms. The van der Waals surface area contributed by atoms with Crippen molar-refractivity contribution >= 4 is 41.0 Å². The van der Waals surface area contributed by atoms with Gasteiger partial charge in [0.05, 0.1) is 23.2 Å². The minimum Gasteiger partial charge on any atom is -0.452 e. The van der Waals surface area contributed by atoms with Crippen LogP contribution < -0.4 is 5.32 Å². The molecule has 4 rings (SSSR count). The van der Waals surface area contributed by atoms with Gasteiger partial charge < -0.3 is 10.1 Å². The van der Waals surface area contributed by atoms with Crippen LogP contribution in [0, 0.1) is 0 Å². The summed E-state index contributed by atoms with van der Waals surface area (Å²) >= 11 is 5.79. The molecule has 160 valence electrons. The van der Waals surface area contributed by atoms with Crippen LogP contribution in [0.15, 0.2) is 72.8 Å². The summed E-state index contributed by atoms with van der Waals surface area (Å²) in [6.45, 7) is -0.358. The minimum absolute atomic E-state index is 0.0885. The van der Waals surface area contributed by atoms with Crippen molar-refractivity contribution in [3.63, 3.8) is 0 Å². The first-order valence-electron chi connectivity index (χ1n) is 9.69. The molecule has 1 N–H and O–H groups in total. The van der Waals surface area contributed by atoms with Gasteiger partial charge in [-0.15, -0.1) is 0 Å². The van der Waals surface area contributed by atoms with Crippen LogP contribution in [0.2, 0.25) is 5.02 Å². The predicted molar refractivity (Wildman–Crippen MR) is 117 cm³/mol. The number of halogens is 1. The van der Waals surface area contributed by atoms with Crippen LogP contribution >= 0.6 is 11.6 Å². The molecule has 1 aliphatic rings. The van der Waals surface area contributed by atoms with Gasteiger partial charge in [-0.05, 0) is 54.1 Å². The number of carbonyl (C=O) groups is 4. The Morgan fingerprint density at radius 3 is 2.03 bits per heavy atom. The van der Waals surface area contributed by atoms with Gasteiger partial charge in [0.25, 0.3) is 17.7 Å². The smallest absolute Gasteiger partial charge is 0.338 e. The standard InChI is InChI=1S/C24H17ClN2O5/c25-17-9-11-18(12-10-17)26-21(28)14-32-24(31)16-7-5-15(6-8-16)13-27-22(29)19-3-1-2-4-20(19)23(27)30/h1-12H,13-14H2,(H,26,28). The van der Waals surface area contributed by atoms with E-state index < -0.39 is 18.5 Å². The first-order chi connectivity index (χ1) is 15.4. The van der Waals surface area contributed by atoms with Gasteiger partial charge in [-0.2, -0.15) is 0 Å². The SMILES string of the molecule is O=C(COC(=O)c1ccc(CN2C(=O)c3ccccc3C2=O)cc1)Nc1ccc(Cl)cc1. The first-order valence-corrected chi connectivity index (χ1v) is 10.1. The lowest BCUT2D eigenvalue weighted by Crippen LogP contribution is -2.29. The van der Waals surface area contributed by atoms with Crippen molar-refractivity contribution < 1.29 is 23.9 Å². The Kier molecular flexibility index (Phi) is 6.00. The molecule has 3 aromatic carbocycles. The Labute approximate surface area is 188 Å². The van der Waals surface area contributed by atoms with Gasteiger partial charge in [0.1, 0.15) is 0 Å². The summed E-state index contributed by atoms with van der Waals surface area (Å²) in [5, 5.41) is 3.14. The molecule has 0 spiro atoms. The van der Waals surface area contributed by atoms with E-state index in [4.69, 9.17) is 16.3 Å². The number of fused-ring (bicyclic) bond motifs is 1. The van der Waals surface area contributed by atoms with Crippen molar-refractivity contribution in [3.05, 3.63) is 100 Å². The van der Waals surface area contributed by atoms with Crippen molar-refractivity contribution in [2.45, 2.75) is 6.54 Å². The lowest BCUT2D eigenvalue weighted by atomic mass is 10.1. The number of carbonyl (C=O) groups excluding carboxylic acids is 4. The molecule has 0 atom stereocenters.